The number of carbonyl (C=O) groups is 2. The topological polar surface area (TPSA) is 133 Å². The third-order valence-corrected chi connectivity index (χ3v) is 9.62. The van der Waals surface area contributed by atoms with Crippen molar-refractivity contribution in [2.75, 3.05) is 7.11 Å². The third-order valence-electron chi connectivity index (χ3n) is 9.62. The summed E-state index contributed by atoms with van der Waals surface area (Å²) in [5.41, 5.74) is 1.88. The summed E-state index contributed by atoms with van der Waals surface area (Å²) in [6.45, 7) is 14.0. The minimum absolute atomic E-state index is 0.00174. The molecule has 3 aliphatic rings. The summed E-state index contributed by atoms with van der Waals surface area (Å²) in [6, 6.07) is 0. The van der Waals surface area contributed by atoms with Crippen LogP contribution in [0, 0.1) is 24.7 Å². The van der Waals surface area contributed by atoms with Crippen LogP contribution < -0.4 is 0 Å². The van der Waals surface area contributed by atoms with Crippen molar-refractivity contribution < 1.29 is 42.8 Å². The molecule has 0 bridgehead atoms. The number of epoxide rings is 2. The molecule has 1 aromatic rings. The maximum atomic E-state index is 12.3. The van der Waals surface area contributed by atoms with E-state index < -0.39 is 17.8 Å². The molecule has 11 atom stereocenters. The average molecular weight is 642 g/mol. The number of aryl methyl sites for hydroxylation is 1. The Kier molecular flexibility index (Phi) is 12.2. The minimum Gasteiger partial charge on any atom is -0.464 e. The monoisotopic (exact) mass is 641 g/mol. The summed E-state index contributed by atoms with van der Waals surface area (Å²) < 4.78 is 33.8. The minimum atomic E-state index is -0.892. The van der Waals surface area contributed by atoms with Gasteiger partial charge in [-0.3, -0.25) is 9.59 Å². The van der Waals surface area contributed by atoms with Crippen LogP contribution in [-0.4, -0.2) is 78.0 Å². The third kappa shape index (κ3) is 9.50. The molecular weight excluding hydrogens is 590 g/mol. The van der Waals surface area contributed by atoms with Crippen molar-refractivity contribution in [1.29, 1.82) is 0 Å². The van der Waals surface area contributed by atoms with Crippen LogP contribution in [-0.2, 0) is 33.3 Å². The number of hydrogen-bond acceptors (Lipinski definition) is 10. The summed E-state index contributed by atoms with van der Waals surface area (Å²) in [7, 11) is 1.62. The van der Waals surface area contributed by atoms with Crippen LogP contribution in [0.5, 0.6) is 0 Å². The molecule has 0 amide bonds. The highest BCUT2D eigenvalue weighted by Gasteiger charge is 2.57. The molecular formula is C36H51NO9. The quantitative estimate of drug-likeness (QED) is 0.0745. The van der Waals surface area contributed by atoms with E-state index in [4.69, 9.17) is 28.1 Å². The number of aromatic nitrogens is 1. The van der Waals surface area contributed by atoms with Gasteiger partial charge in [-0.15, -0.1) is 0 Å². The highest BCUT2D eigenvalue weighted by molar-refractivity contribution is 5.70. The number of aliphatic hydroxyl groups is 1. The van der Waals surface area contributed by atoms with E-state index in [0.29, 0.717) is 18.8 Å². The zero-order chi connectivity index (χ0) is 33.6. The first kappa shape index (κ1) is 35.8. The maximum Gasteiger partial charge on any atom is 0.306 e. The lowest BCUT2D eigenvalue weighted by Gasteiger charge is -2.31. The van der Waals surface area contributed by atoms with Crippen molar-refractivity contribution in [1.82, 2.24) is 4.98 Å². The summed E-state index contributed by atoms with van der Waals surface area (Å²) in [6.07, 6.45) is 13.8. The molecule has 1 aromatic heterocycles. The zero-order valence-corrected chi connectivity index (χ0v) is 28.4. The molecule has 0 spiro atoms. The number of rotatable bonds is 17. The molecule has 10 nitrogen and oxygen atoms in total. The van der Waals surface area contributed by atoms with Gasteiger partial charge in [-0.05, 0) is 63.7 Å². The fourth-order valence-corrected chi connectivity index (χ4v) is 6.46. The molecule has 3 saturated heterocycles. The number of nitrogens with zero attached hydrogens (tertiary/aromatic N) is 1. The van der Waals surface area contributed by atoms with Gasteiger partial charge in [-0.1, -0.05) is 44.2 Å². The predicted molar refractivity (Wildman–Crippen MR) is 172 cm³/mol. The maximum absolute atomic E-state index is 12.3. The van der Waals surface area contributed by atoms with Crippen LogP contribution in [0.1, 0.15) is 78.8 Å². The number of ether oxygens (including phenoxy) is 5. The smallest absolute Gasteiger partial charge is 0.306 e. The van der Waals surface area contributed by atoms with E-state index in [1.165, 1.54) is 0 Å². The summed E-state index contributed by atoms with van der Waals surface area (Å²) in [4.78, 5) is 28.1. The molecule has 46 heavy (non-hydrogen) atoms. The molecule has 1 N–H and O–H groups in total. The number of methoxy groups -OCH3 is 1. The molecule has 0 radical (unpaired) electrons. The van der Waals surface area contributed by atoms with Gasteiger partial charge in [0.05, 0.1) is 24.4 Å². The van der Waals surface area contributed by atoms with E-state index in [2.05, 4.69) is 11.9 Å². The van der Waals surface area contributed by atoms with Gasteiger partial charge in [0.15, 0.2) is 5.89 Å². The van der Waals surface area contributed by atoms with E-state index in [-0.39, 0.29) is 60.7 Å². The van der Waals surface area contributed by atoms with E-state index in [9.17, 15) is 14.7 Å². The van der Waals surface area contributed by atoms with Gasteiger partial charge in [0, 0.05) is 38.7 Å². The fraction of sp³-hybridized carbons (Fsp3) is 0.639. The Labute approximate surface area is 272 Å². The largest absolute Gasteiger partial charge is 0.464 e. The zero-order valence-electron chi connectivity index (χ0n) is 28.4. The van der Waals surface area contributed by atoms with E-state index in [0.717, 1.165) is 29.7 Å². The van der Waals surface area contributed by atoms with Crippen molar-refractivity contribution in [2.24, 2.45) is 17.8 Å². The molecule has 0 saturated carbocycles. The van der Waals surface area contributed by atoms with Crippen molar-refractivity contribution >= 4 is 18.5 Å². The first-order valence-electron chi connectivity index (χ1n) is 16.3. The number of cyclic esters (lactones) is 1. The molecule has 254 valence electrons. The van der Waals surface area contributed by atoms with Gasteiger partial charge in [-0.25, -0.2) is 4.98 Å². The second-order valence-corrected chi connectivity index (χ2v) is 13.4. The summed E-state index contributed by atoms with van der Waals surface area (Å²) in [5, 5.41) is 11.3. The second kappa shape index (κ2) is 15.7. The molecule has 10 heteroatoms. The number of allylic oxidation sites excluding steroid dienone is 4. The number of carbonyl (C=O) groups excluding carboxylic acids is 2. The molecule has 4 rings (SSSR count). The van der Waals surface area contributed by atoms with Gasteiger partial charge in [0.2, 0.25) is 0 Å². The normalized spacial score (nSPS) is 31.8. The Morgan fingerprint density at radius 3 is 2.65 bits per heavy atom. The van der Waals surface area contributed by atoms with Crippen LogP contribution in [0.15, 0.2) is 52.2 Å². The Hall–Kier alpha value is -3.05. The van der Waals surface area contributed by atoms with Crippen LogP contribution in [0.4, 0.5) is 0 Å². The Balaban J connectivity index is 1.32. The standard InChI is InChI=1S/C36H51NO9/c1-21(14-28-19-42-26(6)37-28)10-9-11-23(3)35(41-8)24(4)30(43-20-38)18-32(39)36(7)33(46-36)13-12-22(2)29-15-27(17-34(40)45-29)16-31-25(5)44-31/h9-14,19-20,22,24-25,27,29-33,35,39H,15-18H2,1-8H3/b10-9+,13-12+,21-14+,23-11+/t22-,24+,25+,27+,29-,30+,31-,32+,33-,35+,36-/m1/s1. The van der Waals surface area contributed by atoms with Crippen molar-refractivity contribution in [2.45, 2.75) is 122 Å². The summed E-state index contributed by atoms with van der Waals surface area (Å²) >= 11 is 0. The molecule has 3 aliphatic heterocycles. The van der Waals surface area contributed by atoms with Gasteiger partial charge >= 0.3 is 5.97 Å². The number of hydrogen-bond donors (Lipinski definition) is 1. The van der Waals surface area contributed by atoms with Crippen LogP contribution >= 0.6 is 0 Å². The van der Waals surface area contributed by atoms with E-state index in [1.54, 1.807) is 20.3 Å². The van der Waals surface area contributed by atoms with Crippen molar-refractivity contribution in [3.63, 3.8) is 0 Å². The number of oxazole rings is 1. The first-order chi connectivity index (χ1) is 21.8. The Morgan fingerprint density at radius 1 is 1.28 bits per heavy atom. The van der Waals surface area contributed by atoms with Gasteiger partial charge in [-0.2, -0.15) is 0 Å². The highest BCUT2D eigenvalue weighted by Crippen LogP contribution is 2.43. The molecule has 0 unspecified atom stereocenters. The summed E-state index contributed by atoms with van der Waals surface area (Å²) in [5.74, 6) is 0.465. The molecule has 0 aromatic carbocycles. The van der Waals surface area contributed by atoms with Crippen LogP contribution in [0.2, 0.25) is 0 Å². The van der Waals surface area contributed by atoms with E-state index >= 15 is 0 Å². The lowest BCUT2D eigenvalue weighted by molar-refractivity contribution is -0.159. The van der Waals surface area contributed by atoms with Crippen molar-refractivity contribution in [3.05, 3.63) is 59.4 Å². The highest BCUT2D eigenvalue weighted by atomic mass is 16.6. The lowest BCUT2D eigenvalue weighted by atomic mass is 9.85. The van der Waals surface area contributed by atoms with Gasteiger partial charge < -0.3 is 33.2 Å². The number of esters is 1. The van der Waals surface area contributed by atoms with Gasteiger partial charge in [0.25, 0.3) is 6.47 Å². The molecule has 3 fully saturated rings. The SMILES string of the molecule is CO[C@@H](/C(C)=C/C=C/C(C)=C/c1coc(C)n1)[C@@H](C)[C@H](C[C@H](O)[C@@]1(C)O[C@@H]1/C=C/[C@@H](C)[C@H]1C[C@@H](C[C@H]2O[C@H]2C)CC(=O)O1)OC=O. The average Bonchev–Trinajstić information content (AvgIpc) is 3.83. The van der Waals surface area contributed by atoms with E-state index in [1.807, 2.05) is 71.1 Å². The molecule has 4 heterocycles. The Bertz CT molecular complexity index is 1310. The fourth-order valence-electron chi connectivity index (χ4n) is 6.46. The number of aliphatic hydroxyl groups excluding tert-OH is 1. The van der Waals surface area contributed by atoms with Crippen LogP contribution in [0.25, 0.3) is 6.08 Å². The van der Waals surface area contributed by atoms with Crippen LogP contribution in [0.3, 0.4) is 0 Å². The second-order valence-electron chi connectivity index (χ2n) is 13.4. The Morgan fingerprint density at radius 2 is 2.02 bits per heavy atom. The first-order valence-corrected chi connectivity index (χ1v) is 16.3. The van der Waals surface area contributed by atoms with Crippen molar-refractivity contribution in [3.8, 4) is 0 Å². The predicted octanol–water partition coefficient (Wildman–Crippen LogP) is 5.68. The molecule has 0 aliphatic carbocycles. The van der Waals surface area contributed by atoms with Gasteiger partial charge in [0.1, 0.15) is 35.9 Å². The lowest BCUT2D eigenvalue weighted by Crippen LogP contribution is -2.40.